The highest BCUT2D eigenvalue weighted by atomic mass is 16.6. The maximum atomic E-state index is 14.7. The number of carbonyl (C=O) groups is 4. The van der Waals surface area contributed by atoms with Crippen molar-refractivity contribution in [1.29, 1.82) is 0 Å². The third kappa shape index (κ3) is 12.0. The van der Waals surface area contributed by atoms with Crippen molar-refractivity contribution in [1.82, 2.24) is 15.5 Å². The van der Waals surface area contributed by atoms with Crippen LogP contribution in [0, 0.1) is 19.8 Å². The van der Waals surface area contributed by atoms with Gasteiger partial charge in [-0.1, -0.05) is 81.3 Å². The molecule has 5 unspecified atom stereocenters. The van der Waals surface area contributed by atoms with Crippen molar-refractivity contribution in [2.24, 2.45) is 5.92 Å². The third-order valence-corrected chi connectivity index (χ3v) is 8.02. The summed E-state index contributed by atoms with van der Waals surface area (Å²) in [6.07, 6.45) is 0.632. The molecular weight excluding hydrogens is 594 g/mol. The number of amides is 3. The molecule has 3 amide bonds. The number of aryl methyl sites for hydroxylation is 2. The van der Waals surface area contributed by atoms with Crippen LogP contribution in [-0.2, 0) is 30.3 Å². The van der Waals surface area contributed by atoms with E-state index in [1.165, 1.54) is 0 Å². The van der Waals surface area contributed by atoms with E-state index in [0.29, 0.717) is 18.4 Å². The summed E-state index contributed by atoms with van der Waals surface area (Å²) < 4.78 is 11.3. The standard InChI is InChI=1S/C38H57N3O6/c1-13-25(4)31(40-36(45)47-38(10,11)12)34(43)41(27(6)14-2)32(29-22-24(3)20-21-26(29)5)33(42)39-30(35(44)46-37(7,8)9)23-28-18-16-15-17-19-28/h15-22,25,27,30-32H,13-14,23H2,1-12H3,(H,39,42)(H,40,45). The van der Waals surface area contributed by atoms with E-state index < -0.39 is 59.2 Å². The summed E-state index contributed by atoms with van der Waals surface area (Å²) in [6.45, 7) is 22.1. The first kappa shape index (κ1) is 39.3. The van der Waals surface area contributed by atoms with Crippen LogP contribution >= 0.6 is 0 Å². The number of ether oxygens (including phenoxy) is 2. The molecule has 47 heavy (non-hydrogen) atoms. The summed E-state index contributed by atoms with van der Waals surface area (Å²) >= 11 is 0. The van der Waals surface area contributed by atoms with Gasteiger partial charge in [0.15, 0.2) is 0 Å². The second-order valence-corrected chi connectivity index (χ2v) is 14.6. The molecule has 0 radical (unpaired) electrons. The molecule has 260 valence electrons. The number of hydrogen-bond donors (Lipinski definition) is 2. The molecule has 9 heteroatoms. The van der Waals surface area contributed by atoms with Crippen LogP contribution in [0.5, 0.6) is 0 Å². The average Bonchev–Trinajstić information content (AvgIpc) is 2.97. The Hall–Kier alpha value is -3.88. The monoisotopic (exact) mass is 651 g/mol. The van der Waals surface area contributed by atoms with Gasteiger partial charge >= 0.3 is 12.1 Å². The Morgan fingerprint density at radius 1 is 0.809 bits per heavy atom. The molecule has 0 bridgehead atoms. The Balaban J connectivity index is 2.71. The zero-order valence-electron chi connectivity index (χ0n) is 30.5. The van der Waals surface area contributed by atoms with E-state index in [4.69, 9.17) is 9.47 Å². The lowest BCUT2D eigenvalue weighted by molar-refractivity contribution is -0.159. The van der Waals surface area contributed by atoms with Crippen molar-refractivity contribution in [3.05, 3.63) is 70.8 Å². The van der Waals surface area contributed by atoms with Crippen molar-refractivity contribution in [3.8, 4) is 0 Å². The molecule has 9 nitrogen and oxygen atoms in total. The Kier molecular flexibility index (Phi) is 14.0. The topological polar surface area (TPSA) is 114 Å². The zero-order chi connectivity index (χ0) is 35.7. The first-order valence-electron chi connectivity index (χ1n) is 16.7. The number of benzene rings is 2. The van der Waals surface area contributed by atoms with Crippen molar-refractivity contribution in [2.45, 2.75) is 138 Å². The Morgan fingerprint density at radius 3 is 1.94 bits per heavy atom. The van der Waals surface area contributed by atoms with E-state index in [1.807, 2.05) is 90.1 Å². The highest BCUT2D eigenvalue weighted by molar-refractivity contribution is 5.94. The Bertz CT molecular complexity index is 1360. The van der Waals surface area contributed by atoms with Crippen LogP contribution in [0.25, 0.3) is 0 Å². The molecule has 0 aliphatic rings. The number of alkyl carbamates (subject to hydrolysis) is 1. The predicted octanol–water partition coefficient (Wildman–Crippen LogP) is 6.98. The second kappa shape index (κ2) is 16.8. The number of rotatable bonds is 13. The molecule has 0 aromatic heterocycles. The molecular formula is C38H57N3O6. The van der Waals surface area contributed by atoms with Gasteiger partial charge in [-0.15, -0.1) is 0 Å². The van der Waals surface area contributed by atoms with Crippen molar-refractivity contribution in [3.63, 3.8) is 0 Å². The summed E-state index contributed by atoms with van der Waals surface area (Å²) in [7, 11) is 0. The molecule has 2 N–H and O–H groups in total. The van der Waals surface area contributed by atoms with Gasteiger partial charge in [0.25, 0.3) is 0 Å². The van der Waals surface area contributed by atoms with Gasteiger partial charge in [-0.05, 0) is 91.3 Å². The lowest BCUT2D eigenvalue weighted by Crippen LogP contribution is -2.58. The van der Waals surface area contributed by atoms with Crippen LogP contribution in [0.4, 0.5) is 4.79 Å². The van der Waals surface area contributed by atoms with Crippen LogP contribution in [0.1, 0.15) is 110 Å². The maximum Gasteiger partial charge on any atom is 0.408 e. The molecule has 0 fully saturated rings. The van der Waals surface area contributed by atoms with Crippen molar-refractivity contribution in [2.75, 3.05) is 0 Å². The van der Waals surface area contributed by atoms with E-state index >= 15 is 0 Å². The number of carbonyl (C=O) groups excluding carboxylic acids is 4. The first-order chi connectivity index (χ1) is 21.8. The fraction of sp³-hybridized carbons (Fsp3) is 0.579. The first-order valence-corrected chi connectivity index (χ1v) is 16.7. The summed E-state index contributed by atoms with van der Waals surface area (Å²) in [5.41, 5.74) is 1.67. The molecule has 0 heterocycles. The van der Waals surface area contributed by atoms with Crippen LogP contribution in [-0.4, -0.2) is 58.1 Å². The summed E-state index contributed by atoms with van der Waals surface area (Å²) in [6, 6.07) is 11.7. The highest BCUT2D eigenvalue weighted by Gasteiger charge is 2.42. The van der Waals surface area contributed by atoms with Crippen LogP contribution in [0.2, 0.25) is 0 Å². The Labute approximate surface area is 282 Å². The quantitative estimate of drug-likeness (QED) is 0.226. The zero-order valence-corrected chi connectivity index (χ0v) is 30.5. The Morgan fingerprint density at radius 2 is 1.40 bits per heavy atom. The molecule has 2 aromatic rings. The maximum absolute atomic E-state index is 14.7. The number of nitrogens with zero attached hydrogens (tertiary/aromatic N) is 1. The number of hydrogen-bond acceptors (Lipinski definition) is 6. The lowest BCUT2D eigenvalue weighted by Gasteiger charge is -2.40. The van der Waals surface area contributed by atoms with E-state index in [-0.39, 0.29) is 12.3 Å². The predicted molar refractivity (Wildman–Crippen MR) is 186 cm³/mol. The molecule has 5 atom stereocenters. The van der Waals surface area contributed by atoms with Gasteiger partial charge in [0.2, 0.25) is 11.8 Å². The van der Waals surface area contributed by atoms with Crippen LogP contribution in [0.3, 0.4) is 0 Å². The second-order valence-electron chi connectivity index (χ2n) is 14.6. The van der Waals surface area contributed by atoms with E-state index in [2.05, 4.69) is 10.6 Å². The van der Waals surface area contributed by atoms with Gasteiger partial charge in [-0.25, -0.2) is 9.59 Å². The molecule has 0 aliphatic carbocycles. The van der Waals surface area contributed by atoms with Crippen molar-refractivity contribution < 1.29 is 28.7 Å². The SMILES string of the molecule is CCC(C)C(NC(=O)OC(C)(C)C)C(=O)N(C(C)CC)C(C(=O)NC(Cc1ccccc1)C(=O)OC(C)(C)C)c1cc(C)ccc1C. The smallest absolute Gasteiger partial charge is 0.408 e. The van der Waals surface area contributed by atoms with Gasteiger partial charge < -0.3 is 25.0 Å². The minimum absolute atomic E-state index is 0.202. The molecule has 0 spiro atoms. The lowest BCUT2D eigenvalue weighted by atomic mass is 9.92. The van der Waals surface area contributed by atoms with E-state index in [0.717, 1.165) is 16.7 Å². The van der Waals surface area contributed by atoms with Gasteiger partial charge in [0, 0.05) is 12.5 Å². The van der Waals surface area contributed by atoms with Gasteiger partial charge in [0.05, 0.1) is 0 Å². The number of nitrogens with one attached hydrogen (secondary N) is 2. The molecule has 0 aliphatic heterocycles. The normalized spacial score (nSPS) is 15.0. The fourth-order valence-electron chi connectivity index (χ4n) is 5.21. The molecule has 2 aromatic carbocycles. The van der Waals surface area contributed by atoms with E-state index in [9.17, 15) is 19.2 Å². The van der Waals surface area contributed by atoms with Gasteiger partial charge in [0.1, 0.15) is 29.3 Å². The minimum Gasteiger partial charge on any atom is -0.458 e. The third-order valence-electron chi connectivity index (χ3n) is 8.02. The van der Waals surface area contributed by atoms with Crippen LogP contribution < -0.4 is 10.6 Å². The average molecular weight is 652 g/mol. The summed E-state index contributed by atoms with van der Waals surface area (Å²) in [4.78, 5) is 57.6. The van der Waals surface area contributed by atoms with Crippen molar-refractivity contribution >= 4 is 23.9 Å². The molecule has 0 saturated heterocycles. The minimum atomic E-state index is -1.11. The fourth-order valence-corrected chi connectivity index (χ4v) is 5.21. The number of esters is 1. The molecule has 2 rings (SSSR count). The highest BCUT2D eigenvalue weighted by Crippen LogP contribution is 2.31. The summed E-state index contributed by atoms with van der Waals surface area (Å²) in [5, 5.41) is 5.80. The molecule has 0 saturated carbocycles. The van der Waals surface area contributed by atoms with Gasteiger partial charge in [-0.2, -0.15) is 0 Å². The van der Waals surface area contributed by atoms with Gasteiger partial charge in [-0.3, -0.25) is 9.59 Å². The van der Waals surface area contributed by atoms with Crippen LogP contribution in [0.15, 0.2) is 48.5 Å². The summed E-state index contributed by atoms with van der Waals surface area (Å²) in [5.74, 6) is -1.76. The largest absolute Gasteiger partial charge is 0.458 e. The van der Waals surface area contributed by atoms with E-state index in [1.54, 1.807) is 46.4 Å².